The number of Topliss-reactive ketones (excluding diaryl/α,β-unsaturated/α-hetero) is 1. The molecule has 1 aromatic heterocycles. The Kier molecular flexibility index (Phi) is 10.1. The number of hydrogen-bond acceptors (Lipinski definition) is 14. The van der Waals surface area contributed by atoms with Gasteiger partial charge in [0.25, 0.3) is 23.5 Å². The summed E-state index contributed by atoms with van der Waals surface area (Å²) >= 11 is 8.18. The molecule has 7 rings (SSSR count). The van der Waals surface area contributed by atoms with E-state index in [4.69, 9.17) is 22.2 Å². The predicted octanol–water partition coefficient (Wildman–Crippen LogP) is 0.817. The van der Waals surface area contributed by atoms with Crippen molar-refractivity contribution in [3.05, 3.63) is 45.1 Å². The fraction of sp³-hybridized carbons (Fsp3) is 0.438. The first kappa shape index (κ1) is 37.8. The number of halogens is 1. The van der Waals surface area contributed by atoms with E-state index in [1.54, 1.807) is 0 Å². The number of aromatic nitrogens is 1. The van der Waals surface area contributed by atoms with Gasteiger partial charge in [0, 0.05) is 41.2 Å². The predicted molar refractivity (Wildman–Crippen MR) is 189 cm³/mol. The number of β-lactam (4-membered cyclic amide) rings is 1. The number of carboxylic acid groups (broad SMARTS) is 2. The average molecular weight is 793 g/mol. The van der Waals surface area contributed by atoms with Gasteiger partial charge in [0.15, 0.2) is 22.3 Å². The summed E-state index contributed by atoms with van der Waals surface area (Å²) in [6.07, 6.45) is 1.09. The Morgan fingerprint density at radius 3 is 2.45 bits per heavy atom. The fourth-order valence-corrected chi connectivity index (χ4v) is 8.93. The summed E-state index contributed by atoms with van der Waals surface area (Å²) in [7, 11) is 0. The minimum Gasteiger partial charge on any atom is -0.504 e. The van der Waals surface area contributed by atoms with Gasteiger partial charge in [0.1, 0.15) is 29.4 Å². The number of nitrogens with zero attached hydrogens (tertiary/aromatic N) is 5. The number of carboxylic acids is 2. The summed E-state index contributed by atoms with van der Waals surface area (Å²) in [5.41, 5.74) is 3.67. The van der Waals surface area contributed by atoms with Crippen LogP contribution in [-0.2, 0) is 28.8 Å². The number of nitrogens with one attached hydrogen (secondary N) is 1. The molecule has 5 aliphatic heterocycles. The van der Waals surface area contributed by atoms with Crippen molar-refractivity contribution in [2.45, 2.75) is 49.7 Å². The molecule has 2 atom stereocenters. The zero-order valence-corrected chi connectivity index (χ0v) is 30.7. The lowest BCUT2D eigenvalue weighted by molar-refractivity contribution is -0.924. The van der Waals surface area contributed by atoms with Gasteiger partial charge in [-0.1, -0.05) is 16.8 Å². The molecule has 2 aromatic rings. The number of oxime groups is 1. The normalized spacial score (nSPS) is 24.2. The molecule has 7 N–H and O–H groups in total. The van der Waals surface area contributed by atoms with Crippen LogP contribution in [-0.4, -0.2) is 142 Å². The Hall–Kier alpha value is -4.92. The molecule has 0 radical (unpaired) electrons. The molecular weight excluding hydrogens is 758 g/mol. The van der Waals surface area contributed by atoms with E-state index in [0.29, 0.717) is 42.5 Å². The van der Waals surface area contributed by atoms with Crippen molar-refractivity contribution in [3.8, 4) is 11.5 Å². The van der Waals surface area contributed by atoms with Crippen LogP contribution >= 0.6 is 34.7 Å². The van der Waals surface area contributed by atoms with Gasteiger partial charge in [-0.2, -0.15) is 0 Å². The Bertz CT molecular complexity index is 1970. The van der Waals surface area contributed by atoms with E-state index in [2.05, 4.69) is 15.5 Å². The Morgan fingerprint density at radius 2 is 1.85 bits per heavy atom. The molecule has 0 aliphatic carbocycles. The lowest BCUT2D eigenvalue weighted by Gasteiger charge is -2.50. The van der Waals surface area contributed by atoms with Crippen LogP contribution in [0.1, 0.15) is 42.7 Å². The summed E-state index contributed by atoms with van der Waals surface area (Å²) in [6.45, 7) is 4.55. The largest absolute Gasteiger partial charge is 0.504 e. The number of nitrogen functional groups attached to an aromatic ring is 1. The zero-order chi connectivity index (χ0) is 38.6. The second-order valence-electron chi connectivity index (χ2n) is 13.6. The molecule has 21 heteroatoms. The number of quaternary nitrogens is 1. The number of benzene rings is 1. The summed E-state index contributed by atoms with van der Waals surface area (Å²) in [5, 5.41) is 46.2. The van der Waals surface area contributed by atoms with Crippen LogP contribution in [0.3, 0.4) is 0 Å². The van der Waals surface area contributed by atoms with Gasteiger partial charge in [-0.25, -0.2) is 14.6 Å². The second kappa shape index (κ2) is 14.1. The molecule has 0 spiro atoms. The topological polar surface area (TPSA) is 262 Å². The molecule has 1 unspecified atom stereocenters. The molecule has 2 bridgehead atoms. The number of phenolic OH excluding ortho intramolecular Hbond substituents is 2. The Morgan fingerprint density at radius 1 is 1.15 bits per heavy atom. The van der Waals surface area contributed by atoms with Gasteiger partial charge in [-0.3, -0.25) is 24.1 Å². The molecule has 282 valence electrons. The minimum absolute atomic E-state index is 0.0108. The fourth-order valence-electron chi connectivity index (χ4n) is 6.83. The number of aliphatic carboxylic acids is 2. The number of carbonyl (C=O) groups is 6. The minimum atomic E-state index is -1.81. The molecule has 4 fully saturated rings. The van der Waals surface area contributed by atoms with Gasteiger partial charge in [0.2, 0.25) is 5.60 Å². The number of carbonyl (C=O) groups excluding carboxylic acids is 4. The van der Waals surface area contributed by atoms with Crippen LogP contribution in [0.4, 0.5) is 5.13 Å². The van der Waals surface area contributed by atoms with Crippen molar-refractivity contribution in [1.29, 1.82) is 0 Å². The van der Waals surface area contributed by atoms with Gasteiger partial charge >= 0.3 is 11.9 Å². The van der Waals surface area contributed by atoms with E-state index in [-0.39, 0.29) is 52.0 Å². The number of aromatic hydroxyl groups is 2. The molecule has 1 aromatic carbocycles. The van der Waals surface area contributed by atoms with Crippen LogP contribution in [0.5, 0.6) is 11.5 Å². The highest BCUT2D eigenvalue weighted by Crippen LogP contribution is 2.42. The van der Waals surface area contributed by atoms with Gasteiger partial charge in [-0.05, 0) is 26.0 Å². The number of thioether (sulfide) groups is 1. The number of rotatable bonds is 11. The van der Waals surface area contributed by atoms with Crippen LogP contribution < -0.4 is 11.1 Å². The number of fused-ring (bicyclic) bond motifs is 5. The molecule has 5 aliphatic rings. The first-order valence-electron chi connectivity index (χ1n) is 16.3. The quantitative estimate of drug-likeness (QED) is 0.0350. The van der Waals surface area contributed by atoms with Crippen molar-refractivity contribution >= 4 is 81.0 Å². The molecule has 0 saturated carbocycles. The van der Waals surface area contributed by atoms with E-state index in [9.17, 15) is 49.2 Å². The first-order valence-corrected chi connectivity index (χ1v) is 18.6. The molecule has 3 amide bonds. The Balaban J connectivity index is 1.17. The van der Waals surface area contributed by atoms with Gasteiger partial charge in [0.05, 0.1) is 31.2 Å². The van der Waals surface area contributed by atoms with Crippen LogP contribution in [0, 0.1) is 0 Å². The maximum atomic E-state index is 13.5. The molecule has 6 heterocycles. The van der Waals surface area contributed by atoms with Crippen molar-refractivity contribution in [2.75, 3.05) is 44.2 Å². The number of phenols is 2. The van der Waals surface area contributed by atoms with Crippen LogP contribution in [0.25, 0.3) is 0 Å². The third-order valence-electron chi connectivity index (χ3n) is 9.81. The number of amides is 3. The van der Waals surface area contributed by atoms with E-state index < -0.39 is 69.7 Å². The van der Waals surface area contributed by atoms with Crippen LogP contribution in [0.15, 0.2) is 33.9 Å². The van der Waals surface area contributed by atoms with Crippen LogP contribution in [0.2, 0.25) is 5.02 Å². The van der Waals surface area contributed by atoms with Gasteiger partial charge in [-0.15, -0.1) is 23.1 Å². The monoisotopic (exact) mass is 792 g/mol. The number of ketones is 1. The highest BCUT2D eigenvalue weighted by molar-refractivity contribution is 8.00. The average Bonchev–Trinajstić information content (AvgIpc) is 3.36. The third kappa shape index (κ3) is 7.10. The standard InChI is InChI=1S/C32H34ClN7O11S2/c1-32(2,30(49)50)51-37-20(18-13-53-31(34)35-18)25(44)36-21-26(45)39-22(29(47)48)15(12-52-28(21)39)11-40-6-3-16(4-7-40)38(5-8-40)27(46)23(42)14-9-17(33)24(43)19(41)10-14/h9-10,13,16,21,28H,3-8,11-12H2,1-2H3,(H6-,34,35,36,37,41,42,43,44,46,47,48,49,50)/p+1/t16?,21-,28?,40?/m1/s1. The summed E-state index contributed by atoms with van der Waals surface area (Å²) < 4.78 is 0.434. The highest BCUT2D eigenvalue weighted by Gasteiger charge is 2.56. The second-order valence-corrected chi connectivity index (χ2v) is 16.0. The van der Waals surface area contributed by atoms with Crippen molar-refractivity contribution < 1.29 is 58.5 Å². The summed E-state index contributed by atoms with van der Waals surface area (Å²) in [6, 6.07) is 0.721. The number of hydrogen-bond donors (Lipinski definition) is 6. The third-order valence-corrected chi connectivity index (χ3v) is 12.1. The lowest BCUT2D eigenvalue weighted by atomic mass is 9.99. The summed E-state index contributed by atoms with van der Waals surface area (Å²) in [4.78, 5) is 89.6. The molecule has 4 saturated heterocycles. The maximum absolute atomic E-state index is 13.5. The molecular formula is C32H35ClN7O11S2+. The van der Waals surface area contributed by atoms with Crippen molar-refractivity contribution in [3.63, 3.8) is 0 Å². The smallest absolute Gasteiger partial charge is 0.352 e. The number of thiazole rings is 1. The zero-order valence-electron chi connectivity index (χ0n) is 28.3. The van der Waals surface area contributed by atoms with E-state index in [0.717, 1.165) is 28.4 Å². The molecule has 53 heavy (non-hydrogen) atoms. The van der Waals surface area contributed by atoms with Gasteiger partial charge < -0.3 is 45.7 Å². The molecule has 18 nitrogen and oxygen atoms in total. The van der Waals surface area contributed by atoms with Crippen molar-refractivity contribution in [1.82, 2.24) is 20.1 Å². The van der Waals surface area contributed by atoms with Crippen molar-refractivity contribution in [2.24, 2.45) is 5.16 Å². The Labute approximate surface area is 314 Å². The number of nitrogens with two attached hydrogens (primary N) is 1. The maximum Gasteiger partial charge on any atom is 0.352 e. The SMILES string of the molecule is CC(C)(O/N=C(\C(=O)N[C@@H]1C(=O)N2C(C(=O)O)=C(C[N+]34CCC(CC3)N(C(=O)C(=O)c3cc(O)c(O)c(Cl)c3)CC4)CSC12)c1csc(N)n1)C(=O)O. The summed E-state index contributed by atoms with van der Waals surface area (Å²) in [5.74, 6) is -6.89. The number of anilines is 1. The van der Waals surface area contributed by atoms with E-state index >= 15 is 0 Å². The lowest BCUT2D eigenvalue weighted by Crippen LogP contribution is -2.71. The van der Waals surface area contributed by atoms with E-state index in [1.165, 1.54) is 35.9 Å². The van der Waals surface area contributed by atoms with E-state index in [1.807, 2.05) is 0 Å². The number of piperidine rings is 1. The first-order chi connectivity index (χ1) is 24.9. The highest BCUT2D eigenvalue weighted by atomic mass is 35.5.